The van der Waals surface area contributed by atoms with Gasteiger partial charge in [-0.2, -0.15) is 0 Å². The number of amides is 2. The number of benzene rings is 2. The first kappa shape index (κ1) is 21.6. The van der Waals surface area contributed by atoms with Crippen LogP contribution in [0.25, 0.3) is 0 Å². The standard InChI is InChI=1S/C22H24BrN3O5/c23-18-13-20-19(30-9-10-31-20)11-15(18)12-21(27)24-16-1-3-17(4-2-16)25-22(28)14-26-5-7-29-8-6-26/h1-4,11,13H,5-10,12,14H2,(H,24,27)(H,25,28). The molecule has 2 N–H and O–H groups in total. The Bertz CT molecular complexity index is 945. The number of rotatable bonds is 6. The third kappa shape index (κ3) is 5.96. The molecule has 0 spiro atoms. The second-order valence-electron chi connectivity index (χ2n) is 7.33. The van der Waals surface area contributed by atoms with Gasteiger partial charge in [-0.1, -0.05) is 15.9 Å². The first-order valence-corrected chi connectivity index (χ1v) is 10.9. The van der Waals surface area contributed by atoms with Crippen LogP contribution in [0.1, 0.15) is 5.56 Å². The maximum Gasteiger partial charge on any atom is 0.238 e. The molecule has 0 radical (unpaired) electrons. The first-order chi connectivity index (χ1) is 15.1. The fourth-order valence-electron chi connectivity index (χ4n) is 3.42. The van der Waals surface area contributed by atoms with Gasteiger partial charge in [-0.15, -0.1) is 0 Å². The number of halogens is 1. The van der Waals surface area contributed by atoms with Crippen LogP contribution in [-0.2, 0) is 20.7 Å². The minimum Gasteiger partial charge on any atom is -0.486 e. The van der Waals surface area contributed by atoms with Crippen LogP contribution in [0.3, 0.4) is 0 Å². The molecule has 2 aromatic carbocycles. The molecule has 164 valence electrons. The van der Waals surface area contributed by atoms with Crippen molar-refractivity contribution in [1.82, 2.24) is 4.90 Å². The van der Waals surface area contributed by atoms with E-state index in [2.05, 4.69) is 31.5 Å². The van der Waals surface area contributed by atoms with E-state index in [0.29, 0.717) is 55.8 Å². The fraction of sp³-hybridized carbons (Fsp3) is 0.364. The Labute approximate surface area is 189 Å². The maximum atomic E-state index is 12.5. The number of ether oxygens (including phenoxy) is 3. The number of hydrogen-bond donors (Lipinski definition) is 2. The van der Waals surface area contributed by atoms with E-state index in [1.807, 2.05) is 12.1 Å². The zero-order valence-corrected chi connectivity index (χ0v) is 18.6. The molecule has 0 unspecified atom stereocenters. The summed E-state index contributed by atoms with van der Waals surface area (Å²) < 4.78 is 17.2. The molecule has 0 aromatic heterocycles. The van der Waals surface area contributed by atoms with E-state index in [1.54, 1.807) is 24.3 Å². The zero-order chi connectivity index (χ0) is 21.6. The van der Waals surface area contributed by atoms with Crippen LogP contribution in [0.2, 0.25) is 0 Å². The minimum absolute atomic E-state index is 0.0675. The normalized spacial score (nSPS) is 15.9. The van der Waals surface area contributed by atoms with Gasteiger partial charge in [0.25, 0.3) is 0 Å². The Morgan fingerprint density at radius 3 is 2.10 bits per heavy atom. The number of hydrogen-bond acceptors (Lipinski definition) is 6. The van der Waals surface area contributed by atoms with Crippen LogP contribution >= 0.6 is 15.9 Å². The van der Waals surface area contributed by atoms with E-state index >= 15 is 0 Å². The van der Waals surface area contributed by atoms with Crippen LogP contribution in [0, 0.1) is 0 Å². The highest BCUT2D eigenvalue weighted by Crippen LogP contribution is 2.35. The number of morpholine rings is 1. The second-order valence-corrected chi connectivity index (χ2v) is 8.18. The van der Waals surface area contributed by atoms with Crippen LogP contribution < -0.4 is 20.1 Å². The molecule has 0 bridgehead atoms. The summed E-state index contributed by atoms with van der Waals surface area (Å²) in [4.78, 5) is 26.7. The predicted molar refractivity (Wildman–Crippen MR) is 120 cm³/mol. The summed E-state index contributed by atoms with van der Waals surface area (Å²) in [5.74, 6) is 1.10. The number of anilines is 2. The number of fused-ring (bicyclic) bond motifs is 1. The molecule has 0 atom stereocenters. The van der Waals surface area contributed by atoms with E-state index in [-0.39, 0.29) is 18.2 Å². The lowest BCUT2D eigenvalue weighted by Gasteiger charge is -2.25. The molecular formula is C22H24BrN3O5. The van der Waals surface area contributed by atoms with Crippen molar-refractivity contribution in [1.29, 1.82) is 0 Å². The predicted octanol–water partition coefficient (Wildman–Crippen LogP) is 2.67. The van der Waals surface area contributed by atoms with Crippen molar-refractivity contribution >= 4 is 39.1 Å². The van der Waals surface area contributed by atoms with Gasteiger partial charge in [-0.3, -0.25) is 14.5 Å². The summed E-state index contributed by atoms with van der Waals surface area (Å²) in [7, 11) is 0. The van der Waals surface area contributed by atoms with E-state index in [4.69, 9.17) is 14.2 Å². The van der Waals surface area contributed by atoms with Crippen LogP contribution in [0.4, 0.5) is 11.4 Å². The van der Waals surface area contributed by atoms with Crippen molar-refractivity contribution < 1.29 is 23.8 Å². The van der Waals surface area contributed by atoms with E-state index in [1.165, 1.54) is 0 Å². The molecule has 4 rings (SSSR count). The van der Waals surface area contributed by atoms with Gasteiger partial charge in [-0.25, -0.2) is 0 Å². The monoisotopic (exact) mass is 489 g/mol. The number of nitrogens with zero attached hydrogens (tertiary/aromatic N) is 1. The molecular weight excluding hydrogens is 466 g/mol. The molecule has 2 heterocycles. The van der Waals surface area contributed by atoms with Gasteiger partial charge in [0.2, 0.25) is 11.8 Å². The van der Waals surface area contributed by atoms with Crippen molar-refractivity contribution in [2.75, 3.05) is 56.7 Å². The van der Waals surface area contributed by atoms with E-state index < -0.39 is 0 Å². The molecule has 2 aliphatic rings. The largest absolute Gasteiger partial charge is 0.486 e. The Hall–Kier alpha value is -2.62. The fourth-order valence-corrected chi connectivity index (χ4v) is 3.88. The third-order valence-corrected chi connectivity index (χ3v) is 5.72. The quantitative estimate of drug-likeness (QED) is 0.648. The highest BCUT2D eigenvalue weighted by atomic mass is 79.9. The topological polar surface area (TPSA) is 89.1 Å². The van der Waals surface area contributed by atoms with Gasteiger partial charge in [0.1, 0.15) is 13.2 Å². The summed E-state index contributed by atoms with van der Waals surface area (Å²) in [6, 6.07) is 10.7. The smallest absolute Gasteiger partial charge is 0.238 e. The maximum absolute atomic E-state index is 12.5. The average molecular weight is 490 g/mol. The van der Waals surface area contributed by atoms with Crippen LogP contribution in [0.5, 0.6) is 11.5 Å². The van der Waals surface area contributed by atoms with Gasteiger partial charge >= 0.3 is 0 Å². The number of nitrogens with one attached hydrogen (secondary N) is 2. The highest BCUT2D eigenvalue weighted by Gasteiger charge is 2.17. The summed E-state index contributed by atoms with van der Waals surface area (Å²) in [5, 5.41) is 5.76. The zero-order valence-electron chi connectivity index (χ0n) is 17.0. The van der Waals surface area contributed by atoms with Gasteiger partial charge in [0.05, 0.1) is 26.2 Å². The summed E-state index contributed by atoms with van der Waals surface area (Å²) in [5.41, 5.74) is 2.16. The van der Waals surface area contributed by atoms with Gasteiger partial charge in [0.15, 0.2) is 11.5 Å². The molecule has 0 aliphatic carbocycles. The van der Waals surface area contributed by atoms with Gasteiger partial charge in [-0.05, 0) is 42.0 Å². The molecule has 2 aliphatic heterocycles. The molecule has 2 amide bonds. The first-order valence-electron chi connectivity index (χ1n) is 10.1. The van der Waals surface area contributed by atoms with Crippen molar-refractivity contribution in [2.24, 2.45) is 0 Å². The van der Waals surface area contributed by atoms with Crippen LogP contribution in [0.15, 0.2) is 40.9 Å². The lowest BCUT2D eigenvalue weighted by molar-refractivity contribution is -0.118. The molecule has 0 saturated carbocycles. The minimum atomic E-state index is -0.151. The molecule has 1 saturated heterocycles. The Morgan fingerprint density at radius 1 is 0.871 bits per heavy atom. The lowest BCUT2D eigenvalue weighted by atomic mass is 10.1. The van der Waals surface area contributed by atoms with E-state index in [9.17, 15) is 9.59 Å². The molecule has 1 fully saturated rings. The molecule has 8 nitrogen and oxygen atoms in total. The third-order valence-electron chi connectivity index (χ3n) is 4.99. The second kappa shape index (κ2) is 10.1. The highest BCUT2D eigenvalue weighted by molar-refractivity contribution is 9.10. The van der Waals surface area contributed by atoms with Crippen molar-refractivity contribution in [3.8, 4) is 11.5 Å². The molecule has 2 aromatic rings. The summed E-state index contributed by atoms with van der Waals surface area (Å²) in [6.45, 7) is 4.19. The van der Waals surface area contributed by atoms with Gasteiger partial charge < -0.3 is 24.8 Å². The SMILES string of the molecule is O=C(Cc1cc2c(cc1Br)OCCO2)Nc1ccc(NC(=O)CN2CCOCC2)cc1. The summed E-state index contributed by atoms with van der Waals surface area (Å²) in [6.07, 6.45) is 0.190. The lowest BCUT2D eigenvalue weighted by Crippen LogP contribution is -2.41. The van der Waals surface area contributed by atoms with Crippen molar-refractivity contribution in [2.45, 2.75) is 6.42 Å². The van der Waals surface area contributed by atoms with Crippen molar-refractivity contribution in [3.63, 3.8) is 0 Å². The van der Waals surface area contributed by atoms with Crippen LogP contribution in [-0.4, -0.2) is 62.8 Å². The Balaban J connectivity index is 1.29. The number of carbonyl (C=O) groups excluding carboxylic acids is 2. The van der Waals surface area contributed by atoms with Crippen molar-refractivity contribution in [3.05, 3.63) is 46.4 Å². The number of carbonyl (C=O) groups is 2. The summed E-state index contributed by atoms with van der Waals surface area (Å²) >= 11 is 3.49. The molecule has 31 heavy (non-hydrogen) atoms. The average Bonchev–Trinajstić information content (AvgIpc) is 2.76. The van der Waals surface area contributed by atoms with E-state index in [0.717, 1.165) is 23.1 Å². The Kier molecular flexibility index (Phi) is 7.06. The van der Waals surface area contributed by atoms with Gasteiger partial charge in [0, 0.05) is 28.9 Å². The Morgan fingerprint density at radius 2 is 1.45 bits per heavy atom. The molecule has 9 heteroatoms.